The van der Waals surface area contributed by atoms with Crippen molar-refractivity contribution in [3.05, 3.63) is 76.1 Å². The molecule has 2 aliphatic rings. The molecule has 7 nitrogen and oxygen atoms in total. The number of nitrogens with one attached hydrogen (secondary N) is 1. The molecule has 3 aromatic rings. The van der Waals surface area contributed by atoms with Crippen molar-refractivity contribution in [2.24, 2.45) is 0 Å². The Morgan fingerprint density at radius 3 is 2.42 bits per heavy atom. The van der Waals surface area contributed by atoms with Crippen LogP contribution in [0, 0.1) is 0 Å². The molecule has 1 amide bonds. The summed E-state index contributed by atoms with van der Waals surface area (Å²) in [7, 11) is -3.74. The first-order valence-electron chi connectivity index (χ1n) is 10.4. The highest BCUT2D eigenvalue weighted by atomic mass is 32.2. The van der Waals surface area contributed by atoms with Gasteiger partial charge in [-0.05, 0) is 67.6 Å². The molecule has 0 saturated heterocycles. The van der Waals surface area contributed by atoms with Crippen LogP contribution in [0.25, 0.3) is 11.0 Å². The number of nitrogens with zero attached hydrogens (tertiary/aromatic N) is 1. The smallest absolute Gasteiger partial charge is 0.336 e. The molecule has 0 unspecified atom stereocenters. The molecule has 1 N–H and O–H groups in total. The Kier molecular flexibility index (Phi) is 4.91. The second-order valence-electron chi connectivity index (χ2n) is 8.18. The molecule has 0 aliphatic heterocycles. The third-order valence-electron chi connectivity index (χ3n) is 5.62. The van der Waals surface area contributed by atoms with Crippen LogP contribution in [0.1, 0.15) is 41.6 Å². The molecule has 2 fully saturated rings. The minimum Gasteiger partial charge on any atom is -0.423 e. The molecule has 2 aromatic carbocycles. The molecule has 31 heavy (non-hydrogen) atoms. The molecule has 160 valence electrons. The van der Waals surface area contributed by atoms with E-state index in [-0.39, 0.29) is 29.4 Å². The zero-order valence-electron chi connectivity index (χ0n) is 16.8. The van der Waals surface area contributed by atoms with Crippen LogP contribution in [-0.2, 0) is 16.6 Å². The van der Waals surface area contributed by atoms with E-state index in [4.69, 9.17) is 4.42 Å². The van der Waals surface area contributed by atoms with E-state index in [2.05, 4.69) is 5.32 Å². The minimum atomic E-state index is -3.74. The van der Waals surface area contributed by atoms with Gasteiger partial charge in [-0.15, -0.1) is 0 Å². The van der Waals surface area contributed by atoms with E-state index < -0.39 is 15.6 Å². The zero-order chi connectivity index (χ0) is 21.6. The lowest BCUT2D eigenvalue weighted by Crippen LogP contribution is -2.32. The molecule has 2 saturated carbocycles. The lowest BCUT2D eigenvalue weighted by Gasteiger charge is -2.22. The fourth-order valence-corrected chi connectivity index (χ4v) is 5.27. The lowest BCUT2D eigenvalue weighted by molar-refractivity contribution is 0.0951. The number of carbonyl (C=O) groups is 1. The summed E-state index contributed by atoms with van der Waals surface area (Å²) in [5.74, 6) is -0.0939. The van der Waals surface area contributed by atoms with Gasteiger partial charge in [0, 0.05) is 35.6 Å². The summed E-state index contributed by atoms with van der Waals surface area (Å²) in [6.45, 7) is 0.236. The number of rotatable bonds is 7. The monoisotopic (exact) mass is 438 g/mol. The van der Waals surface area contributed by atoms with Crippen molar-refractivity contribution < 1.29 is 17.6 Å². The van der Waals surface area contributed by atoms with Crippen molar-refractivity contribution in [3.8, 4) is 0 Å². The molecule has 8 heteroatoms. The van der Waals surface area contributed by atoms with E-state index in [1.165, 1.54) is 28.6 Å². The molecular weight excluding hydrogens is 416 g/mol. The van der Waals surface area contributed by atoms with Crippen LogP contribution in [-0.4, -0.2) is 30.7 Å². The second-order valence-corrected chi connectivity index (χ2v) is 10.1. The number of amides is 1. The fourth-order valence-electron chi connectivity index (χ4n) is 3.56. The van der Waals surface area contributed by atoms with Crippen molar-refractivity contribution in [3.63, 3.8) is 0 Å². The van der Waals surface area contributed by atoms with Crippen LogP contribution in [0.15, 0.2) is 68.7 Å². The van der Waals surface area contributed by atoms with Gasteiger partial charge in [-0.25, -0.2) is 13.2 Å². The first-order valence-corrected chi connectivity index (χ1v) is 11.8. The van der Waals surface area contributed by atoms with E-state index >= 15 is 0 Å². The summed E-state index contributed by atoms with van der Waals surface area (Å²) >= 11 is 0. The number of fused-ring (bicyclic) bond motifs is 1. The Morgan fingerprint density at radius 2 is 1.74 bits per heavy atom. The van der Waals surface area contributed by atoms with Gasteiger partial charge in [0.05, 0.1) is 4.90 Å². The van der Waals surface area contributed by atoms with E-state index in [0.29, 0.717) is 16.5 Å². The van der Waals surface area contributed by atoms with E-state index in [1.54, 1.807) is 18.2 Å². The standard InChI is InChI=1S/C23H22N2O5S/c26-22-12-5-17-13-20(10-11-21(17)30-22)31(28,29)25(19-8-9-19)14-15-1-3-16(4-2-15)23(27)24-18-6-7-18/h1-5,10-13,18-19H,6-9,14H2,(H,24,27). The molecule has 1 heterocycles. The predicted octanol–water partition coefficient (Wildman–Crippen LogP) is 3.04. The van der Waals surface area contributed by atoms with Gasteiger partial charge in [0.15, 0.2) is 0 Å². The molecule has 0 bridgehead atoms. The van der Waals surface area contributed by atoms with E-state index in [9.17, 15) is 18.0 Å². The van der Waals surface area contributed by atoms with Crippen LogP contribution in [0.5, 0.6) is 0 Å². The summed E-state index contributed by atoms with van der Waals surface area (Å²) in [6.07, 6.45) is 3.70. The van der Waals surface area contributed by atoms with Crippen LogP contribution < -0.4 is 10.9 Å². The summed E-state index contributed by atoms with van der Waals surface area (Å²) in [5, 5.41) is 3.51. The van der Waals surface area contributed by atoms with Gasteiger partial charge in [0.25, 0.3) is 5.91 Å². The quantitative estimate of drug-likeness (QED) is 0.572. The number of sulfonamides is 1. The summed E-state index contributed by atoms with van der Waals surface area (Å²) < 4.78 is 33.4. The van der Waals surface area contributed by atoms with Crippen molar-refractivity contribution in [2.45, 2.75) is 49.2 Å². The van der Waals surface area contributed by atoms with Crippen molar-refractivity contribution in [2.75, 3.05) is 0 Å². The third kappa shape index (κ3) is 4.26. The van der Waals surface area contributed by atoms with Crippen molar-refractivity contribution in [1.82, 2.24) is 9.62 Å². The Balaban J connectivity index is 1.39. The average molecular weight is 439 g/mol. The van der Waals surface area contributed by atoms with E-state index in [1.807, 2.05) is 12.1 Å². The maximum atomic E-state index is 13.4. The van der Waals surface area contributed by atoms with Gasteiger partial charge in [-0.3, -0.25) is 4.79 Å². The van der Waals surface area contributed by atoms with Gasteiger partial charge in [-0.2, -0.15) is 4.31 Å². The molecular formula is C23H22N2O5S. The van der Waals surface area contributed by atoms with Gasteiger partial charge in [0.1, 0.15) is 5.58 Å². The van der Waals surface area contributed by atoms with Crippen molar-refractivity contribution >= 4 is 26.9 Å². The second kappa shape index (κ2) is 7.62. The number of hydrogen-bond acceptors (Lipinski definition) is 5. The summed E-state index contributed by atoms with van der Waals surface area (Å²) in [4.78, 5) is 23.7. The topological polar surface area (TPSA) is 96.7 Å². The predicted molar refractivity (Wildman–Crippen MR) is 115 cm³/mol. The Labute approximate surface area is 179 Å². The number of benzene rings is 2. The zero-order valence-corrected chi connectivity index (χ0v) is 17.6. The maximum absolute atomic E-state index is 13.4. The Bertz CT molecular complexity index is 1310. The highest BCUT2D eigenvalue weighted by molar-refractivity contribution is 7.89. The lowest BCUT2D eigenvalue weighted by atomic mass is 10.1. The van der Waals surface area contributed by atoms with Crippen LogP contribution in [0.3, 0.4) is 0 Å². The minimum absolute atomic E-state index is 0.0350. The molecule has 0 radical (unpaired) electrons. The normalized spacial score (nSPS) is 16.5. The molecule has 0 spiro atoms. The van der Waals surface area contributed by atoms with Crippen LogP contribution in [0.4, 0.5) is 0 Å². The summed E-state index contributed by atoms with van der Waals surface area (Å²) in [5.41, 5.74) is 1.28. The van der Waals surface area contributed by atoms with E-state index in [0.717, 1.165) is 31.2 Å². The largest absolute Gasteiger partial charge is 0.423 e. The number of hydrogen-bond donors (Lipinski definition) is 1. The maximum Gasteiger partial charge on any atom is 0.336 e. The first kappa shape index (κ1) is 20.0. The molecule has 5 rings (SSSR count). The van der Waals surface area contributed by atoms with Gasteiger partial charge in [-0.1, -0.05) is 12.1 Å². The molecule has 0 atom stereocenters. The molecule has 1 aromatic heterocycles. The third-order valence-corrected chi connectivity index (χ3v) is 7.51. The van der Waals surface area contributed by atoms with Crippen LogP contribution in [0.2, 0.25) is 0 Å². The molecule has 2 aliphatic carbocycles. The highest BCUT2D eigenvalue weighted by Crippen LogP contribution is 2.34. The summed E-state index contributed by atoms with van der Waals surface area (Å²) in [6, 6.07) is 14.7. The Hall–Kier alpha value is -2.97. The Morgan fingerprint density at radius 1 is 1.00 bits per heavy atom. The van der Waals surface area contributed by atoms with Gasteiger partial charge >= 0.3 is 5.63 Å². The SMILES string of the molecule is O=C(NC1CC1)c1ccc(CN(C2CC2)S(=O)(=O)c2ccc3oc(=O)ccc3c2)cc1. The van der Waals surface area contributed by atoms with Gasteiger partial charge in [0.2, 0.25) is 10.0 Å². The fraction of sp³-hybridized carbons (Fsp3) is 0.304. The van der Waals surface area contributed by atoms with Gasteiger partial charge < -0.3 is 9.73 Å². The highest BCUT2D eigenvalue weighted by Gasteiger charge is 2.38. The van der Waals surface area contributed by atoms with Crippen molar-refractivity contribution in [1.29, 1.82) is 0 Å². The first-order chi connectivity index (χ1) is 14.9. The average Bonchev–Trinajstić information content (AvgIpc) is 3.67. The van der Waals surface area contributed by atoms with Crippen LogP contribution >= 0.6 is 0 Å². The number of carbonyl (C=O) groups excluding carboxylic acids is 1.